The number of anilines is 2. The Hall–Kier alpha value is -5.04. The van der Waals surface area contributed by atoms with Crippen LogP contribution in [-0.2, 0) is 6.54 Å². The number of carboxylic acid groups (broad SMARTS) is 1. The standard InChI is InChI=1S/C31H27N3O4/c1-19-20(2)34(18-21-10-12-22(13-11-21)26-8-3-4-9-27(26)30(36)37)29-15-14-24(17-28(19)29)33-31(38)32-23-6-5-7-25(35)16-23/h3-17,35H,18H2,1-2H3,(H,36,37)(H2,32,33,38). The molecule has 5 aromatic rings. The Morgan fingerprint density at radius 1 is 0.816 bits per heavy atom. The van der Waals surface area contributed by atoms with E-state index in [2.05, 4.69) is 29.0 Å². The van der Waals surface area contributed by atoms with Gasteiger partial charge in [0.1, 0.15) is 5.75 Å². The molecule has 0 fully saturated rings. The van der Waals surface area contributed by atoms with Crippen molar-refractivity contribution in [2.45, 2.75) is 20.4 Å². The molecule has 1 aromatic heterocycles. The summed E-state index contributed by atoms with van der Waals surface area (Å²) in [6.45, 7) is 4.80. The second kappa shape index (κ2) is 10.1. The van der Waals surface area contributed by atoms with E-state index in [0.29, 0.717) is 23.5 Å². The van der Waals surface area contributed by atoms with E-state index in [4.69, 9.17) is 0 Å². The van der Waals surface area contributed by atoms with Gasteiger partial charge >= 0.3 is 12.0 Å². The van der Waals surface area contributed by atoms with Crippen molar-refractivity contribution in [2.24, 2.45) is 0 Å². The minimum atomic E-state index is -0.944. The molecule has 0 atom stereocenters. The van der Waals surface area contributed by atoms with E-state index in [1.807, 2.05) is 54.6 Å². The van der Waals surface area contributed by atoms with Gasteiger partial charge in [-0.25, -0.2) is 9.59 Å². The maximum absolute atomic E-state index is 12.5. The number of aryl methyl sites for hydroxylation is 1. The summed E-state index contributed by atoms with van der Waals surface area (Å²) in [4.78, 5) is 24.1. The van der Waals surface area contributed by atoms with E-state index in [9.17, 15) is 19.8 Å². The molecule has 0 saturated heterocycles. The zero-order valence-corrected chi connectivity index (χ0v) is 21.0. The Morgan fingerprint density at radius 3 is 2.24 bits per heavy atom. The van der Waals surface area contributed by atoms with E-state index in [0.717, 1.165) is 33.3 Å². The van der Waals surface area contributed by atoms with Crippen molar-refractivity contribution in [3.63, 3.8) is 0 Å². The Balaban J connectivity index is 1.36. The van der Waals surface area contributed by atoms with Gasteiger partial charge in [0, 0.05) is 40.6 Å². The summed E-state index contributed by atoms with van der Waals surface area (Å²) in [5.41, 5.74) is 7.40. The monoisotopic (exact) mass is 505 g/mol. The smallest absolute Gasteiger partial charge is 0.336 e. The van der Waals surface area contributed by atoms with Crippen LogP contribution < -0.4 is 10.6 Å². The maximum atomic E-state index is 12.5. The number of carbonyl (C=O) groups excluding carboxylic acids is 1. The van der Waals surface area contributed by atoms with Gasteiger partial charge in [0.15, 0.2) is 0 Å². The number of nitrogens with one attached hydrogen (secondary N) is 2. The molecular formula is C31H27N3O4. The Kier molecular flexibility index (Phi) is 6.58. The first-order chi connectivity index (χ1) is 18.3. The van der Waals surface area contributed by atoms with Gasteiger partial charge in [0.25, 0.3) is 0 Å². The molecule has 0 aliphatic carbocycles. The fourth-order valence-electron chi connectivity index (χ4n) is 4.70. The molecule has 0 bridgehead atoms. The fourth-order valence-corrected chi connectivity index (χ4v) is 4.70. The fraction of sp³-hybridized carbons (Fsp3) is 0.0968. The van der Waals surface area contributed by atoms with Crippen molar-refractivity contribution in [3.05, 3.63) is 113 Å². The number of fused-ring (bicyclic) bond motifs is 1. The Bertz CT molecular complexity index is 1670. The van der Waals surface area contributed by atoms with Crippen molar-refractivity contribution in [3.8, 4) is 16.9 Å². The number of aromatic carboxylic acids is 1. The number of carboxylic acids is 1. The van der Waals surface area contributed by atoms with Crippen LogP contribution in [0.25, 0.3) is 22.0 Å². The minimum Gasteiger partial charge on any atom is -0.508 e. The molecular weight excluding hydrogens is 478 g/mol. The van der Waals surface area contributed by atoms with Gasteiger partial charge in [-0.1, -0.05) is 48.5 Å². The number of hydrogen-bond donors (Lipinski definition) is 4. The van der Waals surface area contributed by atoms with Crippen LogP contribution in [0, 0.1) is 13.8 Å². The summed E-state index contributed by atoms with van der Waals surface area (Å²) in [5, 5.41) is 25.7. The van der Waals surface area contributed by atoms with Crippen molar-refractivity contribution in [1.82, 2.24) is 4.57 Å². The molecule has 5 rings (SSSR count). The quantitative estimate of drug-likeness (QED) is 0.199. The number of hydrogen-bond acceptors (Lipinski definition) is 3. The van der Waals surface area contributed by atoms with E-state index in [1.54, 1.807) is 30.3 Å². The third-order valence-electron chi connectivity index (χ3n) is 6.76. The molecule has 1 heterocycles. The second-order valence-electron chi connectivity index (χ2n) is 9.21. The molecule has 0 unspecified atom stereocenters. The van der Waals surface area contributed by atoms with E-state index in [-0.39, 0.29) is 11.3 Å². The van der Waals surface area contributed by atoms with Crippen molar-refractivity contribution >= 4 is 34.3 Å². The van der Waals surface area contributed by atoms with Crippen LogP contribution in [0.2, 0.25) is 0 Å². The number of aromatic hydroxyl groups is 1. The zero-order chi connectivity index (χ0) is 26.8. The molecule has 0 aliphatic heterocycles. The highest BCUT2D eigenvalue weighted by Crippen LogP contribution is 2.30. The van der Waals surface area contributed by atoms with Gasteiger partial charge in [-0.3, -0.25) is 0 Å². The van der Waals surface area contributed by atoms with Gasteiger partial charge in [0.05, 0.1) is 5.56 Å². The van der Waals surface area contributed by atoms with E-state index in [1.165, 1.54) is 6.07 Å². The predicted octanol–water partition coefficient (Wildman–Crippen LogP) is 7.02. The zero-order valence-electron chi connectivity index (χ0n) is 21.0. The first-order valence-corrected chi connectivity index (χ1v) is 12.2. The maximum Gasteiger partial charge on any atom is 0.336 e. The third-order valence-corrected chi connectivity index (χ3v) is 6.76. The average Bonchev–Trinajstić information content (AvgIpc) is 3.13. The van der Waals surface area contributed by atoms with Crippen LogP contribution in [0.3, 0.4) is 0 Å². The average molecular weight is 506 g/mol. The second-order valence-corrected chi connectivity index (χ2v) is 9.21. The van der Waals surface area contributed by atoms with Crippen molar-refractivity contribution < 1.29 is 19.8 Å². The summed E-state index contributed by atoms with van der Waals surface area (Å²) in [6.07, 6.45) is 0. The number of phenolic OH excluding ortho intramolecular Hbond substituents is 1. The number of amides is 2. The first kappa shape index (κ1) is 24.6. The minimum absolute atomic E-state index is 0.0800. The number of aromatic nitrogens is 1. The molecule has 0 radical (unpaired) electrons. The largest absolute Gasteiger partial charge is 0.508 e. The van der Waals surface area contributed by atoms with Crippen LogP contribution >= 0.6 is 0 Å². The lowest BCUT2D eigenvalue weighted by molar-refractivity contribution is 0.0697. The summed E-state index contributed by atoms with van der Waals surface area (Å²) in [7, 11) is 0. The van der Waals surface area contributed by atoms with Crippen LogP contribution in [0.1, 0.15) is 27.2 Å². The lowest BCUT2D eigenvalue weighted by Gasteiger charge is -2.11. The van der Waals surface area contributed by atoms with Gasteiger partial charge in [-0.05, 0) is 72.5 Å². The first-order valence-electron chi connectivity index (χ1n) is 12.2. The predicted molar refractivity (Wildman–Crippen MR) is 150 cm³/mol. The molecule has 0 spiro atoms. The van der Waals surface area contributed by atoms with E-state index < -0.39 is 12.0 Å². The molecule has 0 saturated carbocycles. The lowest BCUT2D eigenvalue weighted by atomic mass is 9.99. The van der Waals surface area contributed by atoms with Gasteiger partial charge in [0.2, 0.25) is 0 Å². The van der Waals surface area contributed by atoms with Crippen LogP contribution in [0.4, 0.5) is 16.2 Å². The number of carbonyl (C=O) groups is 2. The number of rotatable bonds is 6. The summed E-state index contributed by atoms with van der Waals surface area (Å²) >= 11 is 0. The van der Waals surface area contributed by atoms with Gasteiger partial charge < -0.3 is 25.4 Å². The number of urea groups is 1. The molecule has 4 aromatic carbocycles. The van der Waals surface area contributed by atoms with Crippen LogP contribution in [-0.4, -0.2) is 26.8 Å². The molecule has 4 N–H and O–H groups in total. The van der Waals surface area contributed by atoms with Gasteiger partial charge in [-0.15, -0.1) is 0 Å². The van der Waals surface area contributed by atoms with Crippen molar-refractivity contribution in [2.75, 3.05) is 10.6 Å². The van der Waals surface area contributed by atoms with Gasteiger partial charge in [-0.2, -0.15) is 0 Å². The molecule has 0 aliphatic rings. The number of benzene rings is 4. The number of phenols is 1. The number of nitrogens with zero attached hydrogens (tertiary/aromatic N) is 1. The van der Waals surface area contributed by atoms with Crippen LogP contribution in [0.5, 0.6) is 5.75 Å². The summed E-state index contributed by atoms with van der Waals surface area (Å²) in [5.74, 6) is -0.864. The molecule has 190 valence electrons. The van der Waals surface area contributed by atoms with Crippen molar-refractivity contribution in [1.29, 1.82) is 0 Å². The Labute approximate surface area is 220 Å². The highest BCUT2D eigenvalue weighted by molar-refractivity contribution is 6.01. The Morgan fingerprint density at radius 2 is 1.53 bits per heavy atom. The topological polar surface area (TPSA) is 104 Å². The van der Waals surface area contributed by atoms with Crippen LogP contribution in [0.15, 0.2) is 91.0 Å². The molecule has 38 heavy (non-hydrogen) atoms. The SMILES string of the molecule is Cc1c(C)n(Cc2ccc(-c3ccccc3C(=O)O)cc2)c2ccc(NC(=O)Nc3cccc(O)c3)cc12. The molecule has 7 nitrogen and oxygen atoms in total. The van der Waals surface area contributed by atoms with E-state index >= 15 is 0 Å². The summed E-state index contributed by atoms with van der Waals surface area (Å²) < 4.78 is 2.24. The molecule has 2 amide bonds. The molecule has 7 heteroatoms. The highest BCUT2D eigenvalue weighted by atomic mass is 16.4. The summed E-state index contributed by atoms with van der Waals surface area (Å²) in [6, 6.07) is 26.8. The normalized spacial score (nSPS) is 10.9. The third kappa shape index (κ3) is 4.95. The highest BCUT2D eigenvalue weighted by Gasteiger charge is 2.14. The lowest BCUT2D eigenvalue weighted by Crippen LogP contribution is -2.19.